The minimum absolute atomic E-state index is 0.427. The standard InChI is InChI=1S/C13H16ClN3/c1-17-5-4-15-8-13(17)11-7-16-12-3-2-9(14)6-10(11)12/h2-3,6-7,13,15-16H,4-5,8H2,1H3. The minimum Gasteiger partial charge on any atom is -0.361 e. The minimum atomic E-state index is 0.427. The Morgan fingerprint density at radius 1 is 1.41 bits per heavy atom. The Bertz CT molecular complexity index is 534. The zero-order valence-corrected chi connectivity index (χ0v) is 10.6. The van der Waals surface area contributed by atoms with E-state index in [4.69, 9.17) is 11.6 Å². The van der Waals surface area contributed by atoms with E-state index >= 15 is 0 Å². The van der Waals surface area contributed by atoms with Crippen molar-refractivity contribution < 1.29 is 0 Å². The lowest BCUT2D eigenvalue weighted by atomic mass is 10.0. The summed E-state index contributed by atoms with van der Waals surface area (Å²) in [5, 5.41) is 5.47. The van der Waals surface area contributed by atoms with Crippen LogP contribution in [0.5, 0.6) is 0 Å². The number of nitrogens with one attached hydrogen (secondary N) is 2. The summed E-state index contributed by atoms with van der Waals surface area (Å²) < 4.78 is 0. The van der Waals surface area contributed by atoms with Crippen molar-refractivity contribution in [1.29, 1.82) is 0 Å². The van der Waals surface area contributed by atoms with Gasteiger partial charge in [-0.15, -0.1) is 0 Å². The summed E-state index contributed by atoms with van der Waals surface area (Å²) in [6.07, 6.45) is 2.11. The normalized spacial score (nSPS) is 22.1. The number of nitrogens with zero attached hydrogens (tertiary/aromatic N) is 1. The highest BCUT2D eigenvalue weighted by atomic mass is 35.5. The van der Waals surface area contributed by atoms with E-state index in [1.54, 1.807) is 0 Å². The predicted octanol–water partition coefficient (Wildman–Crippen LogP) is 2.40. The van der Waals surface area contributed by atoms with Crippen LogP contribution < -0.4 is 5.32 Å². The van der Waals surface area contributed by atoms with Crippen LogP contribution >= 0.6 is 11.6 Å². The second kappa shape index (κ2) is 4.33. The third-order valence-electron chi connectivity index (χ3n) is 3.55. The molecule has 0 aliphatic carbocycles. The number of hydrogen-bond donors (Lipinski definition) is 2. The average Bonchev–Trinajstić information content (AvgIpc) is 2.72. The summed E-state index contributed by atoms with van der Waals surface area (Å²) in [7, 11) is 2.18. The van der Waals surface area contributed by atoms with E-state index in [9.17, 15) is 0 Å². The van der Waals surface area contributed by atoms with Crippen LogP contribution in [0, 0.1) is 0 Å². The van der Waals surface area contributed by atoms with Crippen molar-refractivity contribution >= 4 is 22.5 Å². The van der Waals surface area contributed by atoms with E-state index in [-0.39, 0.29) is 0 Å². The van der Waals surface area contributed by atoms with Crippen LogP contribution in [0.2, 0.25) is 5.02 Å². The second-order valence-corrected chi connectivity index (χ2v) is 5.07. The Morgan fingerprint density at radius 2 is 2.29 bits per heavy atom. The summed E-state index contributed by atoms with van der Waals surface area (Å²) in [5.74, 6) is 0. The van der Waals surface area contributed by atoms with Crippen LogP contribution in [0.3, 0.4) is 0 Å². The maximum atomic E-state index is 6.08. The van der Waals surface area contributed by atoms with Crippen molar-refractivity contribution in [3.63, 3.8) is 0 Å². The second-order valence-electron chi connectivity index (χ2n) is 4.63. The molecule has 0 spiro atoms. The van der Waals surface area contributed by atoms with Crippen molar-refractivity contribution in [3.8, 4) is 0 Å². The molecule has 1 aromatic carbocycles. The van der Waals surface area contributed by atoms with Crippen LogP contribution in [0.25, 0.3) is 10.9 Å². The zero-order chi connectivity index (χ0) is 11.8. The van der Waals surface area contributed by atoms with E-state index in [1.165, 1.54) is 10.9 Å². The lowest BCUT2D eigenvalue weighted by Gasteiger charge is -2.33. The molecule has 1 atom stereocenters. The first kappa shape index (κ1) is 11.1. The fourth-order valence-corrected chi connectivity index (χ4v) is 2.72. The summed E-state index contributed by atoms with van der Waals surface area (Å²) in [6.45, 7) is 3.14. The maximum Gasteiger partial charge on any atom is 0.0491 e. The van der Waals surface area contributed by atoms with Crippen LogP contribution in [-0.4, -0.2) is 36.6 Å². The maximum absolute atomic E-state index is 6.08. The number of fused-ring (bicyclic) bond motifs is 1. The van der Waals surface area contributed by atoms with Gasteiger partial charge in [-0.2, -0.15) is 0 Å². The summed E-state index contributed by atoms with van der Waals surface area (Å²) in [4.78, 5) is 5.71. The van der Waals surface area contributed by atoms with Crippen LogP contribution in [0.1, 0.15) is 11.6 Å². The van der Waals surface area contributed by atoms with Crippen molar-refractivity contribution in [2.45, 2.75) is 6.04 Å². The Kier molecular flexibility index (Phi) is 2.82. The van der Waals surface area contributed by atoms with E-state index in [0.717, 1.165) is 30.2 Å². The number of rotatable bonds is 1. The van der Waals surface area contributed by atoms with Crippen molar-refractivity contribution in [1.82, 2.24) is 15.2 Å². The average molecular weight is 250 g/mol. The van der Waals surface area contributed by atoms with Crippen molar-refractivity contribution in [3.05, 3.63) is 35.0 Å². The molecule has 0 radical (unpaired) electrons. The number of hydrogen-bond acceptors (Lipinski definition) is 2. The Labute approximate surface area is 106 Å². The molecule has 3 nitrogen and oxygen atoms in total. The van der Waals surface area contributed by atoms with Gasteiger partial charge in [0, 0.05) is 47.8 Å². The van der Waals surface area contributed by atoms with E-state index in [2.05, 4.69) is 28.4 Å². The highest BCUT2D eigenvalue weighted by Gasteiger charge is 2.22. The predicted molar refractivity (Wildman–Crippen MR) is 71.5 cm³/mol. The highest BCUT2D eigenvalue weighted by molar-refractivity contribution is 6.31. The molecule has 0 saturated carbocycles. The molecule has 2 N–H and O–H groups in total. The molecule has 0 amide bonds. The first-order valence-electron chi connectivity index (χ1n) is 5.93. The number of H-pyrrole nitrogens is 1. The molecule has 3 rings (SSSR count). The molecule has 1 aromatic heterocycles. The third-order valence-corrected chi connectivity index (χ3v) is 3.78. The molecular formula is C13H16ClN3. The molecule has 1 unspecified atom stereocenters. The van der Waals surface area contributed by atoms with Crippen LogP contribution in [0.4, 0.5) is 0 Å². The number of piperazine rings is 1. The van der Waals surface area contributed by atoms with Crippen molar-refractivity contribution in [2.24, 2.45) is 0 Å². The van der Waals surface area contributed by atoms with Gasteiger partial charge < -0.3 is 10.3 Å². The fourth-order valence-electron chi connectivity index (χ4n) is 2.54. The number of benzene rings is 1. The number of aromatic nitrogens is 1. The summed E-state index contributed by atoms with van der Waals surface area (Å²) >= 11 is 6.08. The summed E-state index contributed by atoms with van der Waals surface area (Å²) in [5.41, 5.74) is 2.49. The zero-order valence-electron chi connectivity index (χ0n) is 9.83. The van der Waals surface area contributed by atoms with Crippen LogP contribution in [-0.2, 0) is 0 Å². The molecule has 1 aliphatic rings. The topological polar surface area (TPSA) is 31.1 Å². The molecule has 90 valence electrons. The molecule has 2 aromatic rings. The van der Waals surface area contributed by atoms with Gasteiger partial charge in [-0.3, -0.25) is 4.90 Å². The molecular weight excluding hydrogens is 234 g/mol. The van der Waals surface area contributed by atoms with Gasteiger partial charge in [-0.05, 0) is 30.8 Å². The van der Waals surface area contributed by atoms with Gasteiger partial charge >= 0.3 is 0 Å². The molecule has 1 aliphatic heterocycles. The molecule has 1 saturated heterocycles. The van der Waals surface area contributed by atoms with Crippen molar-refractivity contribution in [2.75, 3.05) is 26.7 Å². The summed E-state index contributed by atoms with van der Waals surface area (Å²) in [6, 6.07) is 6.44. The Hall–Kier alpha value is -1.03. The largest absolute Gasteiger partial charge is 0.361 e. The number of halogens is 1. The molecule has 2 heterocycles. The molecule has 4 heteroatoms. The van der Waals surface area contributed by atoms with Gasteiger partial charge in [0.1, 0.15) is 0 Å². The Balaban J connectivity index is 2.07. The van der Waals surface area contributed by atoms with Gasteiger partial charge in [0.15, 0.2) is 0 Å². The van der Waals surface area contributed by atoms with E-state index in [0.29, 0.717) is 6.04 Å². The van der Waals surface area contributed by atoms with Gasteiger partial charge in [0.25, 0.3) is 0 Å². The van der Waals surface area contributed by atoms with Crippen LogP contribution in [0.15, 0.2) is 24.4 Å². The molecule has 0 bridgehead atoms. The first-order chi connectivity index (χ1) is 8.25. The first-order valence-corrected chi connectivity index (χ1v) is 6.31. The van der Waals surface area contributed by atoms with Gasteiger partial charge in [0.2, 0.25) is 0 Å². The third kappa shape index (κ3) is 1.95. The lowest BCUT2D eigenvalue weighted by Crippen LogP contribution is -2.43. The molecule has 17 heavy (non-hydrogen) atoms. The van der Waals surface area contributed by atoms with Gasteiger partial charge in [-0.25, -0.2) is 0 Å². The van der Waals surface area contributed by atoms with Gasteiger partial charge in [-0.1, -0.05) is 11.6 Å². The lowest BCUT2D eigenvalue weighted by molar-refractivity contribution is 0.203. The monoisotopic (exact) mass is 249 g/mol. The van der Waals surface area contributed by atoms with E-state index in [1.807, 2.05) is 18.2 Å². The van der Waals surface area contributed by atoms with E-state index < -0.39 is 0 Å². The number of likely N-dealkylation sites (N-methyl/N-ethyl adjacent to an activating group) is 1. The Morgan fingerprint density at radius 3 is 3.12 bits per heavy atom. The highest BCUT2D eigenvalue weighted by Crippen LogP contribution is 2.30. The molecule has 1 fully saturated rings. The number of aromatic amines is 1. The smallest absolute Gasteiger partial charge is 0.0491 e. The SMILES string of the molecule is CN1CCNCC1c1c[nH]c2ccc(Cl)cc12. The van der Waals surface area contributed by atoms with Gasteiger partial charge in [0.05, 0.1) is 0 Å². The quantitative estimate of drug-likeness (QED) is 0.813. The fraction of sp³-hybridized carbons (Fsp3) is 0.385.